The summed E-state index contributed by atoms with van der Waals surface area (Å²) in [4.78, 5) is 36.1. The average Bonchev–Trinajstić information content (AvgIpc) is 2.92. The van der Waals surface area contributed by atoms with Crippen LogP contribution >= 0.6 is 0 Å². The number of rotatable bonds is 2. The van der Waals surface area contributed by atoms with E-state index in [-0.39, 0.29) is 29.3 Å². The highest BCUT2D eigenvalue weighted by atomic mass is 16.5. The second-order valence-corrected chi connectivity index (χ2v) is 5.54. The molecule has 1 unspecified atom stereocenters. The Hall–Kier alpha value is -2.37. The Morgan fingerprint density at radius 2 is 1.95 bits per heavy atom. The number of hydrogen-bond donors (Lipinski definition) is 2. The van der Waals surface area contributed by atoms with Crippen LogP contribution in [0.5, 0.6) is 11.5 Å². The Morgan fingerprint density at radius 1 is 1.29 bits per heavy atom. The summed E-state index contributed by atoms with van der Waals surface area (Å²) in [6.45, 7) is 1.34. The van der Waals surface area contributed by atoms with E-state index in [4.69, 9.17) is 4.74 Å². The third-order valence-electron chi connectivity index (χ3n) is 4.41. The van der Waals surface area contributed by atoms with Gasteiger partial charge in [-0.2, -0.15) is 0 Å². The molecule has 1 saturated carbocycles. The van der Waals surface area contributed by atoms with Crippen LogP contribution in [0.15, 0.2) is 18.2 Å². The molecule has 1 fully saturated rings. The van der Waals surface area contributed by atoms with Gasteiger partial charge in [0.15, 0.2) is 5.60 Å². The molecule has 6 nitrogen and oxygen atoms in total. The van der Waals surface area contributed by atoms with Gasteiger partial charge < -0.3 is 14.9 Å². The number of carboxylic acids is 1. The van der Waals surface area contributed by atoms with Crippen LogP contribution in [-0.2, 0) is 9.59 Å². The Bertz CT molecular complexity index is 640. The summed E-state index contributed by atoms with van der Waals surface area (Å²) in [7, 11) is 0. The number of ether oxygens (including phenoxy) is 1. The predicted molar refractivity (Wildman–Crippen MR) is 70.3 cm³/mol. The molecule has 0 radical (unpaired) electrons. The largest absolute Gasteiger partial charge is 0.508 e. The Morgan fingerprint density at radius 3 is 2.57 bits per heavy atom. The SMILES string of the molecule is CC(=O)[C@H]1CCC(C(=O)O)[C@@]12Oc1ccc(O)cc1C2=O. The van der Waals surface area contributed by atoms with Gasteiger partial charge in [-0.05, 0) is 38.0 Å². The summed E-state index contributed by atoms with van der Waals surface area (Å²) in [6, 6.07) is 4.03. The first-order chi connectivity index (χ1) is 9.87. The van der Waals surface area contributed by atoms with Gasteiger partial charge in [0.2, 0.25) is 5.78 Å². The molecule has 21 heavy (non-hydrogen) atoms. The van der Waals surface area contributed by atoms with Crippen molar-refractivity contribution in [2.45, 2.75) is 25.4 Å². The van der Waals surface area contributed by atoms with Gasteiger partial charge in [0.1, 0.15) is 23.2 Å². The number of phenolic OH excluding ortho intramolecular Hbond substituents is 1. The zero-order valence-electron chi connectivity index (χ0n) is 11.3. The second-order valence-electron chi connectivity index (χ2n) is 5.54. The maximum atomic E-state index is 12.8. The number of carbonyl (C=O) groups is 3. The van der Waals surface area contributed by atoms with Crippen molar-refractivity contribution >= 4 is 17.5 Å². The summed E-state index contributed by atoms with van der Waals surface area (Å²) in [5.74, 6) is -3.66. The molecule has 1 aromatic carbocycles. The highest BCUT2D eigenvalue weighted by molar-refractivity contribution is 6.12. The number of carbonyl (C=O) groups excluding carboxylic acids is 2. The molecule has 3 atom stereocenters. The normalized spacial score (nSPS) is 30.2. The molecular formula is C15H14O6. The molecule has 1 aromatic rings. The average molecular weight is 290 g/mol. The van der Waals surface area contributed by atoms with E-state index in [1.54, 1.807) is 0 Å². The molecule has 110 valence electrons. The lowest BCUT2D eigenvalue weighted by atomic mass is 9.78. The van der Waals surface area contributed by atoms with Crippen molar-refractivity contribution in [3.05, 3.63) is 23.8 Å². The van der Waals surface area contributed by atoms with Crippen LogP contribution in [0.25, 0.3) is 0 Å². The molecule has 0 saturated heterocycles. The summed E-state index contributed by atoms with van der Waals surface area (Å²) < 4.78 is 5.71. The third kappa shape index (κ3) is 1.68. The number of fused-ring (bicyclic) bond motifs is 1. The monoisotopic (exact) mass is 290 g/mol. The van der Waals surface area contributed by atoms with Crippen molar-refractivity contribution in [2.24, 2.45) is 11.8 Å². The zero-order valence-corrected chi connectivity index (χ0v) is 11.3. The van der Waals surface area contributed by atoms with Crippen molar-refractivity contribution in [1.29, 1.82) is 0 Å². The fourth-order valence-corrected chi connectivity index (χ4v) is 3.50. The first-order valence-electron chi connectivity index (χ1n) is 6.68. The molecule has 0 aromatic heterocycles. The fraction of sp³-hybridized carbons (Fsp3) is 0.400. The van der Waals surface area contributed by atoms with E-state index < -0.39 is 29.2 Å². The number of aliphatic carboxylic acids is 1. The van der Waals surface area contributed by atoms with Crippen molar-refractivity contribution in [3.63, 3.8) is 0 Å². The molecule has 2 N–H and O–H groups in total. The molecule has 1 aliphatic heterocycles. The van der Waals surface area contributed by atoms with Crippen LogP contribution < -0.4 is 4.74 Å². The van der Waals surface area contributed by atoms with E-state index in [2.05, 4.69) is 0 Å². The molecule has 0 amide bonds. The van der Waals surface area contributed by atoms with Gasteiger partial charge in [0.05, 0.1) is 11.5 Å². The topological polar surface area (TPSA) is 101 Å². The summed E-state index contributed by atoms with van der Waals surface area (Å²) in [5.41, 5.74) is -1.54. The fourth-order valence-electron chi connectivity index (χ4n) is 3.50. The second kappa shape index (κ2) is 4.31. The first-order valence-corrected chi connectivity index (χ1v) is 6.68. The van der Waals surface area contributed by atoms with E-state index in [0.29, 0.717) is 6.42 Å². The smallest absolute Gasteiger partial charge is 0.311 e. The molecule has 0 bridgehead atoms. The number of benzene rings is 1. The van der Waals surface area contributed by atoms with Crippen molar-refractivity contribution in [1.82, 2.24) is 0 Å². The maximum absolute atomic E-state index is 12.8. The van der Waals surface area contributed by atoms with Gasteiger partial charge in [0.25, 0.3) is 0 Å². The lowest BCUT2D eigenvalue weighted by molar-refractivity contribution is -0.147. The number of carboxylic acid groups (broad SMARTS) is 1. The molecule has 1 aliphatic carbocycles. The van der Waals surface area contributed by atoms with Gasteiger partial charge in [-0.15, -0.1) is 0 Å². The quantitative estimate of drug-likeness (QED) is 0.854. The highest BCUT2D eigenvalue weighted by Crippen LogP contribution is 2.51. The van der Waals surface area contributed by atoms with E-state index in [9.17, 15) is 24.6 Å². The Kier molecular flexibility index (Phi) is 2.79. The minimum atomic E-state index is -1.67. The number of aromatic hydroxyl groups is 1. The molecule has 2 aliphatic rings. The van der Waals surface area contributed by atoms with E-state index in [1.165, 1.54) is 25.1 Å². The van der Waals surface area contributed by atoms with Crippen LogP contribution in [-0.4, -0.2) is 33.3 Å². The van der Waals surface area contributed by atoms with Crippen molar-refractivity contribution in [3.8, 4) is 11.5 Å². The highest BCUT2D eigenvalue weighted by Gasteiger charge is 2.65. The summed E-state index contributed by atoms with van der Waals surface area (Å²) >= 11 is 0. The zero-order chi connectivity index (χ0) is 15.4. The number of Topliss-reactive ketones (excluding diaryl/α,β-unsaturated/α-hetero) is 2. The first kappa shape index (κ1) is 13.6. The van der Waals surface area contributed by atoms with E-state index in [1.807, 2.05) is 0 Å². The molecular weight excluding hydrogens is 276 g/mol. The van der Waals surface area contributed by atoms with Gasteiger partial charge in [0, 0.05) is 0 Å². The standard InChI is InChI=1S/C15H14O6/c1-7(16)10-3-4-11(14(19)20)15(10)13(18)9-6-8(17)2-5-12(9)21-15/h2,5-6,10-11,17H,3-4H2,1H3,(H,19,20)/t10-,11?,15+/m1/s1. The summed E-state index contributed by atoms with van der Waals surface area (Å²) in [5, 5.41) is 18.9. The Balaban J connectivity index is 2.16. The lowest BCUT2D eigenvalue weighted by Gasteiger charge is -2.31. The molecule has 1 heterocycles. The third-order valence-corrected chi connectivity index (χ3v) is 4.41. The molecule has 3 rings (SSSR count). The van der Waals surface area contributed by atoms with Gasteiger partial charge >= 0.3 is 5.97 Å². The number of hydrogen-bond acceptors (Lipinski definition) is 5. The van der Waals surface area contributed by atoms with Crippen LogP contribution in [0.3, 0.4) is 0 Å². The van der Waals surface area contributed by atoms with Crippen molar-refractivity contribution in [2.75, 3.05) is 0 Å². The van der Waals surface area contributed by atoms with Crippen LogP contribution in [0.4, 0.5) is 0 Å². The number of phenols is 1. The maximum Gasteiger partial charge on any atom is 0.311 e. The van der Waals surface area contributed by atoms with Crippen LogP contribution in [0.2, 0.25) is 0 Å². The van der Waals surface area contributed by atoms with Crippen LogP contribution in [0.1, 0.15) is 30.1 Å². The minimum Gasteiger partial charge on any atom is -0.508 e. The van der Waals surface area contributed by atoms with Gasteiger partial charge in [-0.3, -0.25) is 14.4 Å². The lowest BCUT2D eigenvalue weighted by Crippen LogP contribution is -2.53. The molecule has 1 spiro atoms. The van der Waals surface area contributed by atoms with Crippen molar-refractivity contribution < 1.29 is 29.3 Å². The van der Waals surface area contributed by atoms with E-state index >= 15 is 0 Å². The minimum absolute atomic E-state index is 0.105. The summed E-state index contributed by atoms with van der Waals surface area (Å²) in [6.07, 6.45) is 0.517. The Labute approximate surface area is 120 Å². The predicted octanol–water partition coefficient (Wildman–Crippen LogP) is 1.41. The molecule has 6 heteroatoms. The van der Waals surface area contributed by atoms with E-state index in [0.717, 1.165) is 0 Å². The van der Waals surface area contributed by atoms with Gasteiger partial charge in [-0.25, -0.2) is 0 Å². The number of ketones is 2. The van der Waals surface area contributed by atoms with Gasteiger partial charge in [-0.1, -0.05) is 0 Å². The van der Waals surface area contributed by atoms with Crippen LogP contribution in [0, 0.1) is 11.8 Å².